The molecule has 0 N–H and O–H groups in total. The molecule has 28 heavy (non-hydrogen) atoms. The van der Waals surface area contributed by atoms with Crippen molar-refractivity contribution in [1.29, 1.82) is 0 Å². The zero-order valence-electron chi connectivity index (χ0n) is 15.6. The second kappa shape index (κ2) is 8.04. The summed E-state index contributed by atoms with van der Waals surface area (Å²) >= 11 is 3.17. The number of rotatable bonds is 5. The third-order valence-electron chi connectivity index (χ3n) is 4.35. The molecule has 1 amide bonds. The minimum absolute atomic E-state index is 0.126. The summed E-state index contributed by atoms with van der Waals surface area (Å²) in [4.78, 5) is 26.5. The number of benzene rings is 1. The van der Waals surface area contributed by atoms with Crippen LogP contribution >= 0.6 is 22.7 Å². The summed E-state index contributed by atoms with van der Waals surface area (Å²) in [5.74, 6) is 0.545. The molecule has 3 heterocycles. The van der Waals surface area contributed by atoms with Crippen molar-refractivity contribution in [1.82, 2.24) is 9.97 Å². The standard InChI is InChI=1S/C22H19N3OS2/c1-15-8-6-12-23-21(15)25(14-18-11-7-13-27-18)22(26)19-20(28-16(2)24-19)17-9-4-3-5-10-17/h3-13H,14H2,1-2H3. The van der Waals surface area contributed by atoms with Gasteiger partial charge in [-0.1, -0.05) is 42.5 Å². The third-order valence-corrected chi connectivity index (χ3v) is 6.23. The van der Waals surface area contributed by atoms with E-state index in [4.69, 9.17) is 0 Å². The van der Waals surface area contributed by atoms with Crippen molar-refractivity contribution in [3.63, 3.8) is 0 Å². The van der Waals surface area contributed by atoms with Crippen molar-refractivity contribution in [3.05, 3.63) is 87.3 Å². The number of thiazole rings is 1. The van der Waals surface area contributed by atoms with Gasteiger partial charge in [-0.2, -0.15) is 0 Å². The molecule has 0 aliphatic heterocycles. The Labute approximate surface area is 172 Å². The molecule has 0 saturated heterocycles. The van der Waals surface area contributed by atoms with E-state index in [0.717, 1.165) is 25.9 Å². The van der Waals surface area contributed by atoms with Crippen LogP contribution in [0.4, 0.5) is 5.82 Å². The fraction of sp³-hybridized carbons (Fsp3) is 0.136. The number of amides is 1. The van der Waals surface area contributed by atoms with E-state index in [2.05, 4.69) is 9.97 Å². The number of thiophene rings is 1. The number of nitrogens with zero attached hydrogens (tertiary/aromatic N) is 3. The van der Waals surface area contributed by atoms with Crippen LogP contribution in [0.25, 0.3) is 10.4 Å². The highest BCUT2D eigenvalue weighted by Crippen LogP contribution is 2.32. The molecular formula is C22H19N3OS2. The van der Waals surface area contributed by atoms with Gasteiger partial charge >= 0.3 is 0 Å². The van der Waals surface area contributed by atoms with Crippen LogP contribution < -0.4 is 4.90 Å². The molecule has 0 fully saturated rings. The third kappa shape index (κ3) is 3.74. The molecule has 0 aliphatic carbocycles. The second-order valence-electron chi connectivity index (χ2n) is 6.39. The molecule has 0 aliphatic rings. The van der Waals surface area contributed by atoms with Gasteiger partial charge in [-0.25, -0.2) is 9.97 Å². The average molecular weight is 406 g/mol. The Bertz CT molecular complexity index is 1090. The Hall–Kier alpha value is -2.83. The van der Waals surface area contributed by atoms with E-state index < -0.39 is 0 Å². The van der Waals surface area contributed by atoms with Gasteiger partial charge in [0.05, 0.1) is 16.4 Å². The zero-order chi connectivity index (χ0) is 19.5. The average Bonchev–Trinajstić information content (AvgIpc) is 3.36. The highest BCUT2D eigenvalue weighted by molar-refractivity contribution is 7.15. The van der Waals surface area contributed by atoms with Gasteiger partial charge in [0.15, 0.2) is 0 Å². The first-order chi connectivity index (χ1) is 13.6. The smallest absolute Gasteiger partial charge is 0.279 e. The lowest BCUT2D eigenvalue weighted by Crippen LogP contribution is -2.32. The van der Waals surface area contributed by atoms with Crippen molar-refractivity contribution in [2.75, 3.05) is 4.90 Å². The first-order valence-corrected chi connectivity index (χ1v) is 10.6. The van der Waals surface area contributed by atoms with Crippen molar-refractivity contribution in [2.24, 2.45) is 0 Å². The van der Waals surface area contributed by atoms with Gasteiger partial charge in [-0.15, -0.1) is 22.7 Å². The normalized spacial score (nSPS) is 10.8. The summed E-state index contributed by atoms with van der Waals surface area (Å²) in [5, 5.41) is 2.89. The van der Waals surface area contributed by atoms with Crippen LogP contribution in [0, 0.1) is 13.8 Å². The van der Waals surface area contributed by atoms with Crippen LogP contribution in [-0.4, -0.2) is 15.9 Å². The predicted octanol–water partition coefficient (Wildman–Crippen LogP) is 5.73. The van der Waals surface area contributed by atoms with Crippen LogP contribution in [-0.2, 0) is 6.54 Å². The number of aromatic nitrogens is 2. The first-order valence-electron chi connectivity index (χ1n) is 8.92. The Morgan fingerprint density at radius 1 is 1.04 bits per heavy atom. The Kier molecular flexibility index (Phi) is 5.32. The van der Waals surface area contributed by atoms with Crippen LogP contribution in [0.1, 0.15) is 25.9 Å². The number of carbonyl (C=O) groups is 1. The number of hydrogen-bond donors (Lipinski definition) is 0. The minimum Gasteiger partial charge on any atom is -0.286 e. The number of anilines is 1. The van der Waals surface area contributed by atoms with Gasteiger partial charge in [-0.05, 0) is 42.5 Å². The van der Waals surface area contributed by atoms with Gasteiger partial charge in [0.2, 0.25) is 0 Å². The fourth-order valence-electron chi connectivity index (χ4n) is 3.05. The molecule has 0 spiro atoms. The molecule has 4 rings (SSSR count). The molecule has 4 nitrogen and oxygen atoms in total. The van der Waals surface area contributed by atoms with E-state index in [0.29, 0.717) is 18.1 Å². The van der Waals surface area contributed by atoms with E-state index in [9.17, 15) is 4.79 Å². The van der Waals surface area contributed by atoms with Crippen LogP contribution in [0.15, 0.2) is 66.2 Å². The highest BCUT2D eigenvalue weighted by atomic mass is 32.1. The maximum Gasteiger partial charge on any atom is 0.279 e. The molecular weight excluding hydrogens is 386 g/mol. The van der Waals surface area contributed by atoms with Gasteiger partial charge in [0.1, 0.15) is 11.5 Å². The fourth-order valence-corrected chi connectivity index (χ4v) is 4.65. The number of carbonyl (C=O) groups excluding carboxylic acids is 1. The quantitative estimate of drug-likeness (QED) is 0.426. The first kappa shape index (κ1) is 18.5. The molecule has 0 radical (unpaired) electrons. The molecule has 1 aromatic carbocycles. The topological polar surface area (TPSA) is 46.1 Å². The summed E-state index contributed by atoms with van der Waals surface area (Å²) < 4.78 is 0. The molecule has 4 aromatic rings. The van der Waals surface area contributed by atoms with Crippen molar-refractivity contribution in [2.45, 2.75) is 20.4 Å². The Balaban J connectivity index is 1.79. The van der Waals surface area contributed by atoms with E-state index in [1.807, 2.05) is 73.8 Å². The number of hydrogen-bond acceptors (Lipinski definition) is 5. The van der Waals surface area contributed by atoms with Gasteiger partial charge in [-0.3, -0.25) is 9.69 Å². The van der Waals surface area contributed by atoms with Gasteiger partial charge < -0.3 is 0 Å². The lowest BCUT2D eigenvalue weighted by molar-refractivity contribution is 0.0980. The monoisotopic (exact) mass is 405 g/mol. The summed E-state index contributed by atoms with van der Waals surface area (Å²) in [6.45, 7) is 4.38. The lowest BCUT2D eigenvalue weighted by Gasteiger charge is -2.22. The largest absolute Gasteiger partial charge is 0.286 e. The highest BCUT2D eigenvalue weighted by Gasteiger charge is 2.27. The van der Waals surface area contributed by atoms with Crippen LogP contribution in [0.2, 0.25) is 0 Å². The lowest BCUT2D eigenvalue weighted by atomic mass is 10.1. The van der Waals surface area contributed by atoms with Gasteiger partial charge in [0.25, 0.3) is 5.91 Å². The summed E-state index contributed by atoms with van der Waals surface area (Å²) in [5.41, 5.74) is 2.45. The summed E-state index contributed by atoms with van der Waals surface area (Å²) in [7, 11) is 0. The van der Waals surface area contributed by atoms with E-state index in [1.54, 1.807) is 33.8 Å². The number of aryl methyl sites for hydroxylation is 2. The molecule has 140 valence electrons. The second-order valence-corrected chi connectivity index (χ2v) is 8.63. The van der Waals surface area contributed by atoms with E-state index >= 15 is 0 Å². The van der Waals surface area contributed by atoms with Crippen molar-refractivity contribution >= 4 is 34.4 Å². The van der Waals surface area contributed by atoms with Crippen LogP contribution in [0.3, 0.4) is 0 Å². The van der Waals surface area contributed by atoms with E-state index in [-0.39, 0.29) is 5.91 Å². The molecule has 0 atom stereocenters. The molecule has 0 bridgehead atoms. The Morgan fingerprint density at radius 2 is 1.86 bits per heavy atom. The summed E-state index contributed by atoms with van der Waals surface area (Å²) in [6.07, 6.45) is 1.72. The predicted molar refractivity (Wildman–Crippen MR) is 116 cm³/mol. The number of pyridine rings is 1. The van der Waals surface area contributed by atoms with E-state index in [1.165, 1.54) is 0 Å². The van der Waals surface area contributed by atoms with Crippen molar-refractivity contribution < 1.29 is 4.79 Å². The molecule has 0 saturated carbocycles. The van der Waals surface area contributed by atoms with Crippen molar-refractivity contribution in [3.8, 4) is 10.4 Å². The maximum absolute atomic E-state index is 13.7. The van der Waals surface area contributed by atoms with Crippen LogP contribution in [0.5, 0.6) is 0 Å². The van der Waals surface area contributed by atoms with Gasteiger partial charge in [0, 0.05) is 11.1 Å². The SMILES string of the molecule is Cc1nc(C(=O)N(Cc2cccs2)c2ncccc2C)c(-c2ccccc2)s1. The molecule has 3 aromatic heterocycles. The Morgan fingerprint density at radius 3 is 2.57 bits per heavy atom. The summed E-state index contributed by atoms with van der Waals surface area (Å²) in [6, 6.07) is 17.8. The molecule has 6 heteroatoms. The zero-order valence-corrected chi connectivity index (χ0v) is 17.3. The maximum atomic E-state index is 13.7. The minimum atomic E-state index is -0.126. The molecule has 0 unspecified atom stereocenters.